The number of nitrogens with zero attached hydrogens (tertiary/aromatic N) is 1. The highest BCUT2D eigenvalue weighted by molar-refractivity contribution is 5.85. The molecular weight excluding hydrogens is 520 g/mol. The molecule has 1 aliphatic rings. The first kappa shape index (κ1) is 25.7. The van der Waals surface area contributed by atoms with Crippen molar-refractivity contribution < 1.29 is 32.9 Å². The number of aryl methyl sites for hydroxylation is 2. The predicted octanol–water partition coefficient (Wildman–Crippen LogP) is 6.20. The van der Waals surface area contributed by atoms with E-state index >= 15 is 4.39 Å². The average molecular weight is 546 g/mol. The Bertz CT molecular complexity index is 1720. The van der Waals surface area contributed by atoms with Gasteiger partial charge in [0.1, 0.15) is 23.1 Å². The normalized spacial score (nSPS) is 14.6. The summed E-state index contributed by atoms with van der Waals surface area (Å²) in [6.45, 7) is 2.39. The van der Waals surface area contributed by atoms with Gasteiger partial charge in [-0.3, -0.25) is 4.79 Å². The zero-order chi connectivity index (χ0) is 27.9. The first-order valence-electron chi connectivity index (χ1n) is 12.7. The Balaban J connectivity index is 1.33. The van der Waals surface area contributed by atoms with Crippen molar-refractivity contribution in [2.75, 3.05) is 13.2 Å². The van der Waals surface area contributed by atoms with Crippen molar-refractivity contribution in [1.82, 2.24) is 15.0 Å². The lowest BCUT2D eigenvalue weighted by atomic mass is 9.98. The monoisotopic (exact) mass is 545 g/mol. The maximum absolute atomic E-state index is 15.0. The molecule has 8 nitrogen and oxygen atoms in total. The van der Waals surface area contributed by atoms with Gasteiger partial charge >= 0.3 is 5.97 Å². The van der Waals surface area contributed by atoms with Crippen molar-refractivity contribution in [3.8, 4) is 22.9 Å². The van der Waals surface area contributed by atoms with E-state index in [1.54, 1.807) is 25.4 Å². The Hall–Kier alpha value is -4.54. The van der Waals surface area contributed by atoms with Crippen LogP contribution in [0.1, 0.15) is 28.8 Å². The Morgan fingerprint density at radius 1 is 1.07 bits per heavy atom. The van der Waals surface area contributed by atoms with Crippen LogP contribution in [-0.2, 0) is 26.5 Å². The Morgan fingerprint density at radius 2 is 1.90 bits per heavy atom. The highest BCUT2D eigenvalue weighted by Crippen LogP contribution is 2.40. The fourth-order valence-electron chi connectivity index (χ4n) is 5.00. The molecule has 0 aliphatic carbocycles. The molecule has 0 bridgehead atoms. The van der Waals surface area contributed by atoms with Gasteiger partial charge in [-0.1, -0.05) is 18.2 Å². The number of rotatable bonds is 8. The minimum absolute atomic E-state index is 0.00905. The Labute approximate surface area is 227 Å². The second-order valence-electron chi connectivity index (χ2n) is 9.54. The lowest BCUT2D eigenvalue weighted by Crippen LogP contribution is -2.29. The zero-order valence-electron chi connectivity index (χ0n) is 21.5. The third kappa shape index (κ3) is 4.61. The van der Waals surface area contributed by atoms with Crippen molar-refractivity contribution in [3.63, 3.8) is 0 Å². The van der Waals surface area contributed by atoms with Gasteiger partial charge in [0.05, 0.1) is 18.8 Å². The van der Waals surface area contributed by atoms with Gasteiger partial charge in [-0.2, -0.15) is 0 Å². The fraction of sp³-hybridized carbons (Fsp3) is 0.200. The van der Waals surface area contributed by atoms with E-state index in [0.717, 1.165) is 10.9 Å². The van der Waals surface area contributed by atoms with Crippen molar-refractivity contribution in [2.45, 2.75) is 25.6 Å². The van der Waals surface area contributed by atoms with Crippen LogP contribution in [0.2, 0.25) is 0 Å². The van der Waals surface area contributed by atoms with E-state index in [9.17, 15) is 9.18 Å². The summed E-state index contributed by atoms with van der Waals surface area (Å²) in [5, 5.41) is 9.88. The summed E-state index contributed by atoms with van der Waals surface area (Å²) in [5.41, 5.74) is 3.22. The molecule has 0 spiro atoms. The van der Waals surface area contributed by atoms with Crippen LogP contribution in [0.25, 0.3) is 22.3 Å². The molecule has 1 aliphatic heterocycles. The number of H-pyrrole nitrogens is 2. The van der Waals surface area contributed by atoms with Crippen molar-refractivity contribution in [2.24, 2.45) is 0 Å². The smallest absolute Gasteiger partial charge is 0.303 e. The van der Waals surface area contributed by atoms with E-state index in [4.69, 9.17) is 19.3 Å². The Morgan fingerprint density at radius 3 is 2.70 bits per heavy atom. The van der Waals surface area contributed by atoms with Gasteiger partial charge in [0.25, 0.3) is 0 Å². The molecule has 6 rings (SSSR count). The lowest BCUT2D eigenvalue weighted by Gasteiger charge is -2.26. The molecule has 1 saturated heterocycles. The van der Waals surface area contributed by atoms with Gasteiger partial charge in [-0.05, 0) is 49.2 Å². The van der Waals surface area contributed by atoms with E-state index in [0.29, 0.717) is 42.0 Å². The number of imidazole rings is 1. The van der Waals surface area contributed by atoms with E-state index in [2.05, 4.69) is 15.0 Å². The van der Waals surface area contributed by atoms with Gasteiger partial charge in [0.2, 0.25) is 5.79 Å². The fourth-order valence-corrected chi connectivity index (χ4v) is 5.00. The largest absolute Gasteiger partial charge is 0.481 e. The van der Waals surface area contributed by atoms with Gasteiger partial charge in [0.15, 0.2) is 11.6 Å². The van der Waals surface area contributed by atoms with Crippen molar-refractivity contribution >= 4 is 16.9 Å². The van der Waals surface area contributed by atoms with E-state index in [1.165, 1.54) is 24.3 Å². The second-order valence-corrected chi connectivity index (χ2v) is 9.54. The number of ether oxygens (including phenoxy) is 3. The highest BCUT2D eigenvalue weighted by Gasteiger charge is 2.43. The molecular formula is C30H25F2N3O5. The molecule has 0 unspecified atom stereocenters. The number of aromatic amines is 2. The van der Waals surface area contributed by atoms with Crippen LogP contribution in [0, 0.1) is 18.6 Å². The second kappa shape index (κ2) is 10.2. The number of nitrogens with one attached hydrogen (secondary N) is 2. The molecule has 2 aromatic heterocycles. The van der Waals surface area contributed by atoms with Crippen LogP contribution in [-0.4, -0.2) is 39.2 Å². The molecule has 3 heterocycles. The predicted molar refractivity (Wildman–Crippen MR) is 142 cm³/mol. The van der Waals surface area contributed by atoms with Crippen molar-refractivity contribution in [3.05, 3.63) is 101 Å². The maximum Gasteiger partial charge on any atom is 0.303 e. The number of hydrogen-bond donors (Lipinski definition) is 3. The minimum Gasteiger partial charge on any atom is -0.481 e. The van der Waals surface area contributed by atoms with Crippen LogP contribution < -0.4 is 4.74 Å². The molecule has 0 saturated carbocycles. The number of benzene rings is 3. The first-order chi connectivity index (χ1) is 19.3. The molecule has 204 valence electrons. The summed E-state index contributed by atoms with van der Waals surface area (Å²) in [7, 11) is 0. The maximum atomic E-state index is 15.0. The number of hydrogen-bond acceptors (Lipinski definition) is 5. The van der Waals surface area contributed by atoms with Crippen LogP contribution in [0.15, 0.2) is 67.0 Å². The first-order valence-corrected chi connectivity index (χ1v) is 12.7. The van der Waals surface area contributed by atoms with Crippen LogP contribution >= 0.6 is 0 Å². The summed E-state index contributed by atoms with van der Waals surface area (Å²) >= 11 is 0. The van der Waals surface area contributed by atoms with E-state index in [-0.39, 0.29) is 29.3 Å². The summed E-state index contributed by atoms with van der Waals surface area (Å²) in [4.78, 5) is 21.6. The topological polar surface area (TPSA) is 109 Å². The summed E-state index contributed by atoms with van der Waals surface area (Å²) < 4.78 is 47.9. The molecule has 40 heavy (non-hydrogen) atoms. The number of aromatic nitrogens is 3. The third-order valence-electron chi connectivity index (χ3n) is 6.97. The van der Waals surface area contributed by atoms with Gasteiger partial charge in [0, 0.05) is 46.9 Å². The number of fused-ring (bicyclic) bond motifs is 1. The molecule has 0 amide bonds. The zero-order valence-corrected chi connectivity index (χ0v) is 21.5. The third-order valence-corrected chi connectivity index (χ3v) is 6.97. The summed E-state index contributed by atoms with van der Waals surface area (Å²) in [6, 6.07) is 14.6. The lowest BCUT2D eigenvalue weighted by molar-refractivity contribution is -0.136. The minimum atomic E-state index is -1.34. The van der Waals surface area contributed by atoms with Gasteiger partial charge in [-0.25, -0.2) is 13.8 Å². The molecule has 1 fully saturated rings. The number of carboxylic acid groups (broad SMARTS) is 1. The van der Waals surface area contributed by atoms with Crippen molar-refractivity contribution in [1.29, 1.82) is 0 Å². The van der Waals surface area contributed by atoms with Crippen LogP contribution in [0.5, 0.6) is 11.5 Å². The standard InChI is InChI=1S/C30H25F2N3O5/c1-17-21-9-10-33-25(21)15-24(32)28(17)40-20-6-7-23(31)22(14-20)29-34-16-26(35-29)30(38-11-12-39-30)19-4-2-3-18(13-19)5-8-27(36)37/h2-4,6-7,9-10,13-16,33H,5,8,11-12H2,1H3,(H,34,35)(H,36,37). The van der Waals surface area contributed by atoms with Gasteiger partial charge in [-0.15, -0.1) is 0 Å². The number of carbonyl (C=O) groups is 1. The van der Waals surface area contributed by atoms with Crippen LogP contribution in [0.3, 0.4) is 0 Å². The summed E-state index contributed by atoms with van der Waals surface area (Å²) in [6.07, 6.45) is 3.65. The molecule has 3 aromatic carbocycles. The van der Waals surface area contributed by atoms with Crippen LogP contribution in [0.4, 0.5) is 8.78 Å². The Kier molecular flexibility index (Phi) is 6.57. The summed E-state index contributed by atoms with van der Waals surface area (Å²) in [5.74, 6) is -2.82. The number of carboxylic acids is 1. The number of aliphatic carboxylic acids is 1. The quantitative estimate of drug-likeness (QED) is 0.214. The van der Waals surface area contributed by atoms with E-state index in [1.807, 2.05) is 24.3 Å². The highest BCUT2D eigenvalue weighted by atomic mass is 19.1. The van der Waals surface area contributed by atoms with Gasteiger partial charge < -0.3 is 29.3 Å². The molecule has 0 radical (unpaired) electrons. The number of halogens is 2. The molecule has 0 atom stereocenters. The van der Waals surface area contributed by atoms with E-state index < -0.39 is 23.4 Å². The SMILES string of the molecule is Cc1c(Oc2ccc(F)c(-c3nc(C4(c5cccc(CCC(=O)O)c5)OCCO4)c[nH]3)c2)c(F)cc2[nH]ccc12. The molecule has 3 N–H and O–H groups in total. The average Bonchev–Trinajstić information content (AvgIpc) is 3.72. The molecule has 5 aromatic rings. The molecule has 10 heteroatoms.